The Morgan fingerprint density at radius 2 is 2.15 bits per heavy atom. The highest BCUT2D eigenvalue weighted by molar-refractivity contribution is 7.13. The molecule has 4 nitrogen and oxygen atoms in total. The van der Waals surface area contributed by atoms with Crippen molar-refractivity contribution < 1.29 is 0 Å². The van der Waals surface area contributed by atoms with Gasteiger partial charge in [0.25, 0.3) is 0 Å². The molecule has 0 aliphatic carbocycles. The van der Waals surface area contributed by atoms with Gasteiger partial charge in [0.1, 0.15) is 11.8 Å². The maximum Gasteiger partial charge on any atom is 0.116 e. The number of hydrogen-bond acceptors (Lipinski definition) is 5. The van der Waals surface area contributed by atoms with E-state index >= 15 is 0 Å². The molecule has 0 saturated carbocycles. The van der Waals surface area contributed by atoms with Crippen molar-refractivity contribution in [3.63, 3.8) is 0 Å². The molecule has 0 bridgehead atoms. The van der Waals surface area contributed by atoms with E-state index in [9.17, 15) is 0 Å². The zero-order valence-corrected chi connectivity index (χ0v) is 7.32. The fraction of sp³-hybridized carbons (Fsp3) is 0. The summed E-state index contributed by atoms with van der Waals surface area (Å²) in [6.07, 6.45) is 3.30. The van der Waals surface area contributed by atoms with Crippen LogP contribution in [0.25, 0.3) is 21.1 Å². The summed E-state index contributed by atoms with van der Waals surface area (Å²) in [5.74, 6) is 0. The molecule has 0 atom stereocenters. The van der Waals surface area contributed by atoms with Gasteiger partial charge in [0.15, 0.2) is 0 Å². The molecular formula is C8H4N4S. The van der Waals surface area contributed by atoms with Crippen LogP contribution >= 0.6 is 11.5 Å². The maximum absolute atomic E-state index is 4.18. The third-order valence-corrected chi connectivity index (χ3v) is 2.69. The topological polar surface area (TPSA) is 51.6 Å². The number of aromatic nitrogens is 4. The lowest BCUT2D eigenvalue weighted by molar-refractivity contribution is 1.14. The van der Waals surface area contributed by atoms with Gasteiger partial charge >= 0.3 is 0 Å². The predicted molar refractivity (Wildman–Crippen MR) is 50.5 cm³/mol. The van der Waals surface area contributed by atoms with Crippen molar-refractivity contribution in [3.05, 3.63) is 24.7 Å². The van der Waals surface area contributed by atoms with Crippen molar-refractivity contribution in [2.24, 2.45) is 0 Å². The van der Waals surface area contributed by atoms with Gasteiger partial charge in [-0.25, -0.2) is 9.97 Å². The smallest absolute Gasteiger partial charge is 0.116 e. The Labute approximate surface area is 77.4 Å². The molecule has 0 aliphatic rings. The Bertz CT molecular complexity index is 574. The molecule has 5 heteroatoms. The molecule has 1 aromatic carbocycles. The molecule has 0 aliphatic heterocycles. The first-order valence-electron chi connectivity index (χ1n) is 3.76. The third-order valence-electron chi connectivity index (χ3n) is 1.90. The van der Waals surface area contributed by atoms with Crippen LogP contribution in [0, 0.1) is 0 Å². The Morgan fingerprint density at radius 3 is 3.15 bits per heavy atom. The fourth-order valence-electron chi connectivity index (χ4n) is 1.30. The molecule has 0 fully saturated rings. The number of benzene rings is 1. The van der Waals surface area contributed by atoms with Crippen molar-refractivity contribution in [1.29, 1.82) is 0 Å². The summed E-state index contributed by atoms with van der Waals surface area (Å²) in [6, 6.07) is 3.93. The molecule has 0 amide bonds. The summed E-state index contributed by atoms with van der Waals surface area (Å²) in [5, 5.41) is 4.89. The average Bonchev–Trinajstić information content (AvgIpc) is 2.65. The average molecular weight is 188 g/mol. The van der Waals surface area contributed by atoms with Gasteiger partial charge in [-0.15, -0.1) is 5.10 Å². The van der Waals surface area contributed by atoms with Crippen LogP contribution in [0.3, 0.4) is 0 Å². The molecule has 13 heavy (non-hydrogen) atoms. The number of nitrogens with zero attached hydrogens (tertiary/aromatic N) is 4. The summed E-state index contributed by atoms with van der Waals surface area (Å²) in [6.45, 7) is 0. The molecule has 3 rings (SSSR count). The standard InChI is InChI=1S/C8H4N4S/c1-2-6-7(10-4-9-6)8-5(1)3-11-12-13-8/h1-4H. The number of imidazole rings is 1. The van der Waals surface area contributed by atoms with E-state index in [-0.39, 0.29) is 0 Å². The van der Waals surface area contributed by atoms with Crippen molar-refractivity contribution in [3.8, 4) is 0 Å². The number of rotatable bonds is 0. The second kappa shape index (κ2) is 2.43. The van der Waals surface area contributed by atoms with Crippen molar-refractivity contribution in [1.82, 2.24) is 19.6 Å². The Morgan fingerprint density at radius 1 is 1.15 bits per heavy atom. The summed E-state index contributed by atoms with van der Waals surface area (Å²) in [4.78, 5) is 8.29. The minimum absolute atomic E-state index is 0.914. The van der Waals surface area contributed by atoms with Gasteiger partial charge in [-0.3, -0.25) is 0 Å². The van der Waals surface area contributed by atoms with E-state index in [1.165, 1.54) is 11.5 Å². The van der Waals surface area contributed by atoms with Crippen molar-refractivity contribution >= 4 is 32.7 Å². The van der Waals surface area contributed by atoms with Gasteiger partial charge in [-0.1, -0.05) is 4.49 Å². The lowest BCUT2D eigenvalue weighted by atomic mass is 10.2. The zero-order chi connectivity index (χ0) is 8.67. The SMILES string of the molecule is c1nc2ccc3cnnsc3c2n1. The third kappa shape index (κ3) is 0.905. The van der Waals surface area contributed by atoms with E-state index in [1.807, 2.05) is 12.1 Å². The number of fused-ring (bicyclic) bond motifs is 3. The van der Waals surface area contributed by atoms with Crippen LogP contribution in [0.4, 0.5) is 0 Å². The Balaban J connectivity index is 2.65. The van der Waals surface area contributed by atoms with Gasteiger partial charge in [0.05, 0.1) is 16.4 Å². The summed E-state index contributed by atoms with van der Waals surface area (Å²) < 4.78 is 4.91. The minimum atomic E-state index is 0.914. The van der Waals surface area contributed by atoms with E-state index < -0.39 is 0 Å². The Kier molecular flexibility index (Phi) is 1.28. The van der Waals surface area contributed by atoms with Crippen LogP contribution in [-0.4, -0.2) is 19.6 Å². The second-order valence-electron chi connectivity index (χ2n) is 2.64. The van der Waals surface area contributed by atoms with Crippen LogP contribution in [0.2, 0.25) is 0 Å². The molecular weight excluding hydrogens is 184 g/mol. The van der Waals surface area contributed by atoms with Gasteiger partial charge < -0.3 is 0 Å². The lowest BCUT2D eigenvalue weighted by Crippen LogP contribution is -1.77. The monoisotopic (exact) mass is 188 g/mol. The molecule has 3 aromatic rings. The van der Waals surface area contributed by atoms with Gasteiger partial charge in [0, 0.05) is 5.39 Å². The number of hydrogen-bond donors (Lipinski definition) is 0. The predicted octanol–water partition coefficient (Wildman–Crippen LogP) is 1.63. The molecule has 0 N–H and O–H groups in total. The molecule has 0 saturated heterocycles. The lowest BCUT2D eigenvalue weighted by Gasteiger charge is -1.93. The molecule has 0 radical (unpaired) electrons. The first kappa shape index (κ1) is 6.85. The summed E-state index contributed by atoms with van der Waals surface area (Å²) >= 11 is 1.35. The van der Waals surface area contributed by atoms with Crippen molar-refractivity contribution in [2.75, 3.05) is 0 Å². The van der Waals surface area contributed by atoms with Crippen LogP contribution in [0.5, 0.6) is 0 Å². The fourth-order valence-corrected chi connectivity index (χ4v) is 1.95. The summed E-state index contributed by atoms with van der Waals surface area (Å²) in [7, 11) is 0. The van der Waals surface area contributed by atoms with Crippen LogP contribution in [0.1, 0.15) is 0 Å². The van der Waals surface area contributed by atoms with Gasteiger partial charge in [-0.2, -0.15) is 0 Å². The van der Waals surface area contributed by atoms with E-state index in [2.05, 4.69) is 19.6 Å². The largest absolute Gasteiger partial charge is 0.235 e. The maximum atomic E-state index is 4.18. The highest BCUT2D eigenvalue weighted by Gasteiger charge is 2.03. The first-order valence-corrected chi connectivity index (χ1v) is 4.53. The van der Waals surface area contributed by atoms with Gasteiger partial charge in [0.2, 0.25) is 0 Å². The van der Waals surface area contributed by atoms with E-state index in [0.29, 0.717) is 0 Å². The Hall–Kier alpha value is -1.62. The van der Waals surface area contributed by atoms with Gasteiger partial charge in [-0.05, 0) is 23.7 Å². The highest BCUT2D eigenvalue weighted by Crippen LogP contribution is 2.23. The van der Waals surface area contributed by atoms with Crippen LogP contribution < -0.4 is 0 Å². The molecule has 2 heterocycles. The van der Waals surface area contributed by atoms with E-state index in [1.54, 1.807) is 12.5 Å². The molecule has 62 valence electrons. The van der Waals surface area contributed by atoms with Crippen molar-refractivity contribution in [2.45, 2.75) is 0 Å². The normalized spacial score (nSPS) is 11.1. The molecule has 0 spiro atoms. The minimum Gasteiger partial charge on any atom is -0.235 e. The summed E-state index contributed by atoms with van der Waals surface area (Å²) in [5.41, 5.74) is 1.83. The molecule has 2 aromatic heterocycles. The second-order valence-corrected chi connectivity index (χ2v) is 3.40. The first-order chi connectivity index (χ1) is 6.45. The van der Waals surface area contributed by atoms with E-state index in [0.717, 1.165) is 21.1 Å². The van der Waals surface area contributed by atoms with Crippen LogP contribution in [-0.2, 0) is 0 Å². The quantitative estimate of drug-likeness (QED) is 0.538. The van der Waals surface area contributed by atoms with E-state index in [4.69, 9.17) is 0 Å². The zero-order valence-electron chi connectivity index (χ0n) is 6.51. The highest BCUT2D eigenvalue weighted by atomic mass is 32.1. The molecule has 0 unspecified atom stereocenters. The van der Waals surface area contributed by atoms with Crippen LogP contribution in [0.15, 0.2) is 24.7 Å².